The molecule has 6 heteroatoms. The van der Waals surface area contributed by atoms with Gasteiger partial charge in [-0.05, 0) is 24.3 Å². The number of nitrogens with two attached hydrogens (primary N) is 1. The number of H-pyrrole nitrogens is 1. The first-order valence-electron chi connectivity index (χ1n) is 5.55. The highest BCUT2D eigenvalue weighted by Crippen LogP contribution is 2.20. The SMILES string of the molecule is NS(=O)(=O)c1cccc2[nH]c3ccccc3c(=O)c12. The summed E-state index contributed by atoms with van der Waals surface area (Å²) in [6, 6.07) is 11.5. The maximum atomic E-state index is 12.4. The van der Waals surface area contributed by atoms with Crippen LogP contribution in [0.3, 0.4) is 0 Å². The summed E-state index contributed by atoms with van der Waals surface area (Å²) < 4.78 is 23.1. The fourth-order valence-corrected chi connectivity index (χ4v) is 2.93. The van der Waals surface area contributed by atoms with Crippen molar-refractivity contribution < 1.29 is 8.42 Å². The Hall–Kier alpha value is -2.18. The van der Waals surface area contributed by atoms with E-state index in [9.17, 15) is 13.2 Å². The Kier molecular flexibility index (Phi) is 2.44. The molecule has 0 aliphatic carbocycles. The lowest BCUT2D eigenvalue weighted by atomic mass is 10.1. The third-order valence-corrected chi connectivity index (χ3v) is 3.95. The lowest BCUT2D eigenvalue weighted by Gasteiger charge is -2.06. The molecule has 96 valence electrons. The molecule has 0 saturated heterocycles. The monoisotopic (exact) mass is 274 g/mol. The molecule has 2 aromatic carbocycles. The maximum Gasteiger partial charge on any atom is 0.238 e. The summed E-state index contributed by atoms with van der Waals surface area (Å²) >= 11 is 0. The lowest BCUT2D eigenvalue weighted by Crippen LogP contribution is -2.16. The van der Waals surface area contributed by atoms with Crippen molar-refractivity contribution in [2.75, 3.05) is 0 Å². The quantitative estimate of drug-likeness (QED) is 0.655. The van der Waals surface area contributed by atoms with Crippen molar-refractivity contribution in [1.82, 2.24) is 4.98 Å². The Labute approximate surface area is 108 Å². The molecule has 3 rings (SSSR count). The number of primary sulfonamides is 1. The van der Waals surface area contributed by atoms with Crippen molar-refractivity contribution in [3.63, 3.8) is 0 Å². The number of fused-ring (bicyclic) bond motifs is 2. The largest absolute Gasteiger partial charge is 0.354 e. The Balaban J connectivity index is 2.65. The molecule has 19 heavy (non-hydrogen) atoms. The van der Waals surface area contributed by atoms with Crippen molar-refractivity contribution in [2.45, 2.75) is 4.90 Å². The number of hydrogen-bond donors (Lipinski definition) is 2. The van der Waals surface area contributed by atoms with Crippen LogP contribution in [-0.4, -0.2) is 13.4 Å². The summed E-state index contributed by atoms with van der Waals surface area (Å²) in [5.74, 6) is 0. The summed E-state index contributed by atoms with van der Waals surface area (Å²) in [6.07, 6.45) is 0. The van der Waals surface area contributed by atoms with Crippen LogP contribution in [0, 0.1) is 0 Å². The van der Waals surface area contributed by atoms with Gasteiger partial charge in [-0.3, -0.25) is 4.79 Å². The Bertz CT molecular complexity index is 958. The first kappa shape index (κ1) is 11.9. The Morgan fingerprint density at radius 3 is 2.37 bits per heavy atom. The van der Waals surface area contributed by atoms with Crippen LogP contribution in [0.1, 0.15) is 0 Å². The molecule has 5 nitrogen and oxygen atoms in total. The van der Waals surface area contributed by atoms with E-state index >= 15 is 0 Å². The number of benzene rings is 2. The second-order valence-electron chi connectivity index (χ2n) is 4.22. The molecular weight excluding hydrogens is 264 g/mol. The average molecular weight is 274 g/mol. The summed E-state index contributed by atoms with van der Waals surface area (Å²) in [7, 11) is -3.94. The molecule has 0 radical (unpaired) electrons. The predicted octanol–water partition coefficient (Wildman–Crippen LogP) is 1.33. The van der Waals surface area contributed by atoms with Crippen LogP contribution in [0.5, 0.6) is 0 Å². The van der Waals surface area contributed by atoms with Crippen LogP contribution in [0.15, 0.2) is 52.2 Å². The topological polar surface area (TPSA) is 93.0 Å². The highest BCUT2D eigenvalue weighted by molar-refractivity contribution is 7.89. The zero-order valence-corrected chi connectivity index (χ0v) is 10.6. The Morgan fingerprint density at radius 1 is 0.947 bits per heavy atom. The number of sulfonamides is 1. The molecule has 0 atom stereocenters. The van der Waals surface area contributed by atoms with E-state index in [0.29, 0.717) is 16.4 Å². The van der Waals surface area contributed by atoms with Gasteiger partial charge in [0.2, 0.25) is 10.0 Å². The van der Waals surface area contributed by atoms with E-state index in [0.717, 1.165) is 0 Å². The van der Waals surface area contributed by atoms with Gasteiger partial charge in [0.05, 0.1) is 15.8 Å². The molecule has 3 N–H and O–H groups in total. The standard InChI is InChI=1S/C13H10N2O3S/c14-19(17,18)11-7-3-6-10-12(11)13(16)8-4-1-2-5-9(8)15-10/h1-7H,(H,15,16)(H2,14,17,18). The maximum absolute atomic E-state index is 12.4. The first-order valence-corrected chi connectivity index (χ1v) is 7.09. The molecule has 0 amide bonds. The first-order chi connectivity index (χ1) is 8.98. The van der Waals surface area contributed by atoms with Crippen LogP contribution in [0.2, 0.25) is 0 Å². The van der Waals surface area contributed by atoms with Gasteiger partial charge in [-0.1, -0.05) is 18.2 Å². The highest BCUT2D eigenvalue weighted by atomic mass is 32.2. The molecule has 0 bridgehead atoms. The second kappa shape index (κ2) is 3.91. The molecule has 1 heterocycles. The number of aromatic amines is 1. The molecule has 0 saturated carbocycles. The van der Waals surface area contributed by atoms with E-state index in [1.807, 2.05) is 0 Å². The minimum Gasteiger partial charge on any atom is -0.354 e. The molecule has 0 fully saturated rings. The van der Waals surface area contributed by atoms with Crippen molar-refractivity contribution in [1.29, 1.82) is 0 Å². The van der Waals surface area contributed by atoms with Gasteiger partial charge in [0.25, 0.3) is 0 Å². The number of hydrogen-bond acceptors (Lipinski definition) is 3. The molecular formula is C13H10N2O3S. The zero-order valence-electron chi connectivity index (χ0n) is 9.75. The van der Waals surface area contributed by atoms with Crippen molar-refractivity contribution in [3.8, 4) is 0 Å². The molecule has 1 aromatic heterocycles. The average Bonchev–Trinajstić information content (AvgIpc) is 2.37. The third-order valence-electron chi connectivity index (χ3n) is 3.00. The van der Waals surface area contributed by atoms with Gasteiger partial charge < -0.3 is 4.98 Å². The Morgan fingerprint density at radius 2 is 1.63 bits per heavy atom. The molecule has 0 aliphatic heterocycles. The summed E-state index contributed by atoms with van der Waals surface area (Å²) in [4.78, 5) is 15.3. The van der Waals surface area contributed by atoms with Crippen LogP contribution < -0.4 is 10.6 Å². The normalized spacial score (nSPS) is 12.1. The van der Waals surface area contributed by atoms with Crippen molar-refractivity contribution in [3.05, 3.63) is 52.7 Å². The fraction of sp³-hybridized carbons (Fsp3) is 0. The van der Waals surface area contributed by atoms with Gasteiger partial charge in [0, 0.05) is 10.9 Å². The van der Waals surface area contributed by atoms with Gasteiger partial charge in [0.1, 0.15) is 0 Å². The van der Waals surface area contributed by atoms with Crippen LogP contribution in [0.25, 0.3) is 21.8 Å². The third kappa shape index (κ3) is 1.81. The van der Waals surface area contributed by atoms with Crippen LogP contribution >= 0.6 is 0 Å². The van der Waals surface area contributed by atoms with Gasteiger partial charge in [-0.25, -0.2) is 13.6 Å². The minimum absolute atomic E-state index is 0.101. The second-order valence-corrected chi connectivity index (χ2v) is 5.75. The van der Waals surface area contributed by atoms with Gasteiger partial charge in [0.15, 0.2) is 5.43 Å². The van der Waals surface area contributed by atoms with Gasteiger partial charge in [-0.15, -0.1) is 0 Å². The van der Waals surface area contributed by atoms with Gasteiger partial charge in [-0.2, -0.15) is 0 Å². The number of aromatic nitrogens is 1. The van der Waals surface area contributed by atoms with Crippen LogP contribution in [-0.2, 0) is 10.0 Å². The highest BCUT2D eigenvalue weighted by Gasteiger charge is 2.16. The summed E-state index contributed by atoms with van der Waals surface area (Å²) in [5, 5.41) is 5.69. The van der Waals surface area contributed by atoms with Gasteiger partial charge >= 0.3 is 0 Å². The lowest BCUT2D eigenvalue weighted by molar-refractivity contribution is 0.598. The number of pyridine rings is 1. The predicted molar refractivity (Wildman–Crippen MR) is 73.4 cm³/mol. The fourth-order valence-electron chi connectivity index (χ4n) is 2.18. The molecule has 0 spiro atoms. The zero-order chi connectivity index (χ0) is 13.6. The minimum atomic E-state index is -3.94. The number of nitrogens with one attached hydrogen (secondary N) is 1. The van der Waals surface area contributed by atoms with E-state index in [2.05, 4.69) is 4.98 Å². The number of rotatable bonds is 1. The van der Waals surface area contributed by atoms with E-state index < -0.39 is 10.0 Å². The summed E-state index contributed by atoms with van der Waals surface area (Å²) in [5.41, 5.74) is 0.774. The van der Waals surface area contributed by atoms with Crippen LogP contribution in [0.4, 0.5) is 0 Å². The van der Waals surface area contributed by atoms with Crippen molar-refractivity contribution in [2.24, 2.45) is 5.14 Å². The molecule has 3 aromatic rings. The smallest absolute Gasteiger partial charge is 0.238 e. The van der Waals surface area contributed by atoms with E-state index in [1.165, 1.54) is 6.07 Å². The van der Waals surface area contributed by atoms with E-state index in [-0.39, 0.29) is 15.7 Å². The van der Waals surface area contributed by atoms with Crippen molar-refractivity contribution >= 4 is 31.8 Å². The van der Waals surface area contributed by atoms with E-state index in [4.69, 9.17) is 5.14 Å². The number of para-hydroxylation sites is 1. The summed E-state index contributed by atoms with van der Waals surface area (Å²) in [6.45, 7) is 0. The molecule has 0 unspecified atom stereocenters. The van der Waals surface area contributed by atoms with E-state index in [1.54, 1.807) is 36.4 Å². The molecule has 0 aliphatic rings.